The van der Waals surface area contributed by atoms with E-state index in [0.717, 1.165) is 0 Å². The van der Waals surface area contributed by atoms with Gasteiger partial charge in [0.2, 0.25) is 11.8 Å². The number of nitrogens with zero attached hydrogens (tertiary/aromatic N) is 2. The van der Waals surface area contributed by atoms with Crippen LogP contribution in [0.15, 0.2) is 42.5 Å². The van der Waals surface area contributed by atoms with E-state index >= 15 is 0 Å². The molecule has 2 aromatic rings. The molecule has 0 aromatic heterocycles. The van der Waals surface area contributed by atoms with E-state index in [1.54, 1.807) is 41.3 Å². The molecule has 0 bridgehead atoms. The number of benzene rings is 2. The second-order valence-corrected chi connectivity index (χ2v) is 7.34. The summed E-state index contributed by atoms with van der Waals surface area (Å²) in [6.45, 7) is 4.94. The van der Waals surface area contributed by atoms with Crippen LogP contribution in [0.5, 0.6) is 0 Å². The highest BCUT2D eigenvalue weighted by atomic mass is 35.5. The zero-order chi connectivity index (χ0) is 22.5. The second kappa shape index (κ2) is 9.61. The van der Waals surface area contributed by atoms with E-state index in [4.69, 9.17) is 11.6 Å². The van der Waals surface area contributed by atoms with Crippen molar-refractivity contribution in [1.29, 1.82) is 0 Å². The van der Waals surface area contributed by atoms with E-state index in [9.17, 15) is 19.2 Å². The predicted octanol–water partition coefficient (Wildman–Crippen LogP) is 3.23. The number of nitrogens with one attached hydrogen (secondary N) is 2. The Kier molecular flexibility index (Phi) is 6.91. The highest BCUT2D eigenvalue weighted by Crippen LogP contribution is 2.24. The van der Waals surface area contributed by atoms with E-state index in [0.29, 0.717) is 35.6 Å². The Morgan fingerprint density at radius 1 is 1.06 bits per heavy atom. The molecule has 1 saturated heterocycles. The molecule has 2 N–H and O–H groups in total. The van der Waals surface area contributed by atoms with Crippen LogP contribution >= 0.6 is 11.6 Å². The van der Waals surface area contributed by atoms with Gasteiger partial charge in [-0.3, -0.25) is 24.6 Å². The molecule has 1 aliphatic rings. The Morgan fingerprint density at radius 2 is 1.74 bits per heavy atom. The maximum Gasteiger partial charge on any atom is 0.255 e. The summed E-state index contributed by atoms with van der Waals surface area (Å²) in [4.78, 5) is 50.2. The number of amides is 4. The van der Waals surface area contributed by atoms with Gasteiger partial charge in [0, 0.05) is 37.2 Å². The Labute approximate surface area is 185 Å². The summed E-state index contributed by atoms with van der Waals surface area (Å²) in [7, 11) is 0. The first-order chi connectivity index (χ1) is 14.8. The maximum atomic E-state index is 12.6. The number of carbonyl (C=O) groups is 4. The average Bonchev–Trinajstić information content (AvgIpc) is 2.76. The predicted molar refractivity (Wildman–Crippen MR) is 118 cm³/mol. The number of hydrogen-bond donors (Lipinski definition) is 2. The molecule has 1 heterocycles. The fraction of sp³-hybridized carbons (Fsp3) is 0.273. The number of rotatable bonds is 6. The quantitative estimate of drug-likeness (QED) is 0.717. The van der Waals surface area contributed by atoms with Gasteiger partial charge >= 0.3 is 0 Å². The van der Waals surface area contributed by atoms with Crippen molar-refractivity contribution in [2.24, 2.45) is 0 Å². The van der Waals surface area contributed by atoms with Crippen molar-refractivity contribution < 1.29 is 19.2 Å². The number of carbonyl (C=O) groups excluding carboxylic acids is 4. The summed E-state index contributed by atoms with van der Waals surface area (Å²) in [5, 5.41) is 4.17. The van der Waals surface area contributed by atoms with Crippen LogP contribution in [-0.4, -0.2) is 41.6 Å². The molecule has 0 unspecified atom stereocenters. The summed E-state index contributed by atoms with van der Waals surface area (Å²) >= 11 is 6.27. The molecule has 4 amide bonds. The van der Waals surface area contributed by atoms with Crippen molar-refractivity contribution in [2.45, 2.75) is 26.7 Å². The molecule has 9 heteroatoms. The van der Waals surface area contributed by atoms with Crippen LogP contribution in [0.25, 0.3) is 0 Å². The minimum atomic E-state index is -0.376. The van der Waals surface area contributed by atoms with Crippen LogP contribution in [0.1, 0.15) is 47.4 Å². The molecular formula is C22H23ClN4O4. The molecule has 0 spiro atoms. The Balaban J connectivity index is 1.70. The zero-order valence-electron chi connectivity index (χ0n) is 17.3. The standard InChI is InChI=1S/C22H23ClN4O4/c1-3-26(4-2)22(31)17-10-7-15(13-18(17)23)24-21(30)14-5-8-16(9-6-14)27-20(29)12-11-19(28)25-27/h5-10,13H,3-4,11-12H2,1-2H3,(H,24,30)(H,25,28). The zero-order valence-corrected chi connectivity index (χ0v) is 18.0. The number of halogens is 1. The number of hydrogen-bond acceptors (Lipinski definition) is 4. The highest BCUT2D eigenvalue weighted by Gasteiger charge is 2.24. The Hall–Kier alpha value is -3.39. The average molecular weight is 443 g/mol. The number of anilines is 2. The fourth-order valence-electron chi connectivity index (χ4n) is 3.20. The molecule has 162 valence electrons. The first-order valence-electron chi connectivity index (χ1n) is 9.96. The third-order valence-electron chi connectivity index (χ3n) is 4.95. The minimum Gasteiger partial charge on any atom is -0.339 e. The van der Waals surface area contributed by atoms with Gasteiger partial charge in [0.15, 0.2) is 0 Å². The van der Waals surface area contributed by atoms with Crippen LogP contribution in [0, 0.1) is 0 Å². The summed E-state index contributed by atoms with van der Waals surface area (Å²) in [6, 6.07) is 11.0. The van der Waals surface area contributed by atoms with Crippen molar-refractivity contribution in [2.75, 3.05) is 23.4 Å². The van der Waals surface area contributed by atoms with E-state index < -0.39 is 0 Å². The molecular weight excluding hydrogens is 420 g/mol. The second-order valence-electron chi connectivity index (χ2n) is 6.94. The van der Waals surface area contributed by atoms with E-state index in [1.807, 2.05) is 13.8 Å². The summed E-state index contributed by atoms with van der Waals surface area (Å²) < 4.78 is 0. The van der Waals surface area contributed by atoms with Gasteiger partial charge in [0.1, 0.15) is 0 Å². The molecule has 8 nitrogen and oxygen atoms in total. The van der Waals surface area contributed by atoms with E-state index in [1.165, 1.54) is 11.1 Å². The van der Waals surface area contributed by atoms with Crippen LogP contribution < -0.4 is 15.8 Å². The molecule has 31 heavy (non-hydrogen) atoms. The minimum absolute atomic E-state index is 0.140. The molecule has 2 aromatic carbocycles. The molecule has 0 saturated carbocycles. The van der Waals surface area contributed by atoms with E-state index in [2.05, 4.69) is 10.7 Å². The van der Waals surface area contributed by atoms with Crippen molar-refractivity contribution >= 4 is 46.6 Å². The van der Waals surface area contributed by atoms with Crippen molar-refractivity contribution in [3.05, 3.63) is 58.6 Å². The molecule has 1 aliphatic heterocycles. The van der Waals surface area contributed by atoms with Gasteiger partial charge in [0.25, 0.3) is 11.8 Å². The van der Waals surface area contributed by atoms with Gasteiger partial charge in [-0.05, 0) is 56.3 Å². The lowest BCUT2D eigenvalue weighted by molar-refractivity contribution is -0.130. The van der Waals surface area contributed by atoms with Crippen molar-refractivity contribution in [3.63, 3.8) is 0 Å². The monoisotopic (exact) mass is 442 g/mol. The van der Waals surface area contributed by atoms with Crippen molar-refractivity contribution in [1.82, 2.24) is 10.3 Å². The highest BCUT2D eigenvalue weighted by molar-refractivity contribution is 6.34. The van der Waals surface area contributed by atoms with Crippen LogP contribution in [0.4, 0.5) is 11.4 Å². The van der Waals surface area contributed by atoms with Crippen LogP contribution in [0.2, 0.25) is 5.02 Å². The third kappa shape index (κ3) is 5.03. The maximum absolute atomic E-state index is 12.6. The lowest BCUT2D eigenvalue weighted by Crippen LogP contribution is -2.50. The van der Waals surface area contributed by atoms with Gasteiger partial charge in [-0.25, -0.2) is 5.01 Å². The topological polar surface area (TPSA) is 98.8 Å². The SMILES string of the molecule is CCN(CC)C(=O)c1ccc(NC(=O)c2ccc(N3NC(=O)CCC3=O)cc2)cc1Cl. The molecule has 0 atom stereocenters. The smallest absolute Gasteiger partial charge is 0.255 e. The van der Waals surface area contributed by atoms with Crippen molar-refractivity contribution in [3.8, 4) is 0 Å². The summed E-state index contributed by atoms with van der Waals surface area (Å²) in [5.74, 6) is -0.991. The van der Waals surface area contributed by atoms with Gasteiger partial charge < -0.3 is 10.2 Å². The van der Waals surface area contributed by atoms with Gasteiger partial charge in [0.05, 0.1) is 16.3 Å². The van der Waals surface area contributed by atoms with E-state index in [-0.39, 0.29) is 41.5 Å². The van der Waals surface area contributed by atoms with Gasteiger partial charge in [-0.15, -0.1) is 0 Å². The normalized spacial score (nSPS) is 13.6. The first kappa shape index (κ1) is 22.3. The van der Waals surface area contributed by atoms with Gasteiger partial charge in [-0.1, -0.05) is 11.6 Å². The van der Waals surface area contributed by atoms with Crippen LogP contribution in [0.3, 0.4) is 0 Å². The molecule has 3 rings (SSSR count). The lowest BCUT2D eigenvalue weighted by Gasteiger charge is -2.27. The summed E-state index contributed by atoms with van der Waals surface area (Å²) in [6.07, 6.45) is 0.305. The lowest BCUT2D eigenvalue weighted by atomic mass is 10.1. The summed E-state index contributed by atoms with van der Waals surface area (Å²) in [5.41, 5.74) is 4.16. The fourth-order valence-corrected chi connectivity index (χ4v) is 3.46. The Morgan fingerprint density at radius 3 is 2.35 bits per heavy atom. The number of hydrazine groups is 1. The Bertz CT molecular complexity index is 1020. The first-order valence-corrected chi connectivity index (χ1v) is 10.3. The van der Waals surface area contributed by atoms with Gasteiger partial charge in [-0.2, -0.15) is 0 Å². The largest absolute Gasteiger partial charge is 0.339 e. The molecule has 0 aliphatic carbocycles. The third-order valence-corrected chi connectivity index (χ3v) is 5.26. The van der Waals surface area contributed by atoms with Crippen LogP contribution in [-0.2, 0) is 9.59 Å². The molecule has 1 fully saturated rings. The molecule has 0 radical (unpaired) electrons.